The summed E-state index contributed by atoms with van der Waals surface area (Å²) in [5, 5.41) is 3.38. The molecule has 0 spiro atoms. The Balaban J connectivity index is 1.67. The van der Waals surface area contributed by atoms with Gasteiger partial charge >= 0.3 is 0 Å². The van der Waals surface area contributed by atoms with E-state index in [2.05, 4.69) is 5.32 Å². The van der Waals surface area contributed by atoms with Crippen LogP contribution in [0.5, 0.6) is 0 Å². The van der Waals surface area contributed by atoms with Crippen molar-refractivity contribution in [2.45, 2.75) is 43.2 Å². The molecule has 144 valence electrons. The highest BCUT2D eigenvalue weighted by Crippen LogP contribution is 2.27. The zero-order chi connectivity index (χ0) is 19.3. The number of rotatable bonds is 6. The summed E-state index contributed by atoms with van der Waals surface area (Å²) in [6.45, 7) is 0.873. The summed E-state index contributed by atoms with van der Waals surface area (Å²) in [4.78, 5) is 12.6. The van der Waals surface area contributed by atoms with Crippen molar-refractivity contribution in [1.82, 2.24) is 9.62 Å². The number of sulfonamides is 1. The number of nitrogens with one attached hydrogen (secondary N) is 1. The van der Waals surface area contributed by atoms with Crippen LogP contribution in [0, 0.1) is 0 Å². The fraction of sp³-hybridized carbons (Fsp3) is 0.350. The second kappa shape index (κ2) is 8.87. The van der Waals surface area contributed by atoms with Crippen molar-refractivity contribution < 1.29 is 13.2 Å². The second-order valence-corrected chi connectivity index (χ2v) is 9.01. The van der Waals surface area contributed by atoms with Gasteiger partial charge in [0.25, 0.3) is 0 Å². The smallest absolute Gasteiger partial charge is 0.243 e. The zero-order valence-corrected chi connectivity index (χ0v) is 16.5. The molecule has 7 heteroatoms. The molecule has 1 aliphatic rings. The number of carbonyl (C=O) groups is 1. The van der Waals surface area contributed by atoms with E-state index in [0.717, 1.165) is 18.4 Å². The number of halogens is 1. The van der Waals surface area contributed by atoms with Crippen molar-refractivity contribution in [3.05, 3.63) is 65.2 Å². The van der Waals surface area contributed by atoms with Crippen LogP contribution in [0.1, 0.15) is 31.2 Å². The fourth-order valence-electron chi connectivity index (χ4n) is 3.32. The van der Waals surface area contributed by atoms with Gasteiger partial charge in [-0.2, -0.15) is 4.31 Å². The molecular weight excluding hydrogens is 384 g/mol. The lowest BCUT2D eigenvalue weighted by molar-refractivity contribution is -0.122. The third-order valence-electron chi connectivity index (χ3n) is 4.75. The first-order valence-corrected chi connectivity index (χ1v) is 10.9. The average Bonchev–Trinajstić information content (AvgIpc) is 2.68. The topological polar surface area (TPSA) is 66.5 Å². The maximum absolute atomic E-state index is 13.0. The molecule has 3 rings (SSSR count). The summed E-state index contributed by atoms with van der Waals surface area (Å²) in [7, 11) is -3.65. The molecule has 5 nitrogen and oxygen atoms in total. The molecule has 1 saturated heterocycles. The maximum Gasteiger partial charge on any atom is 0.243 e. The third kappa shape index (κ3) is 5.09. The number of amides is 1. The highest BCUT2D eigenvalue weighted by atomic mass is 35.5. The predicted octanol–water partition coefficient (Wildman–Crippen LogP) is 3.59. The predicted molar refractivity (Wildman–Crippen MR) is 106 cm³/mol. The normalized spacial score (nSPS) is 18.2. The Hall–Kier alpha value is -1.89. The maximum atomic E-state index is 13.0. The SMILES string of the molecule is O=C(C[C@@H]1CCCCN1S(=O)(=O)c1ccc(Cl)cc1)NCc1ccccc1. The van der Waals surface area contributed by atoms with Crippen LogP contribution in [0.15, 0.2) is 59.5 Å². The minimum absolute atomic E-state index is 0.137. The molecule has 0 saturated carbocycles. The lowest BCUT2D eigenvalue weighted by atomic mass is 10.0. The number of hydrogen-bond donors (Lipinski definition) is 1. The molecular formula is C20H23ClN2O3S. The molecule has 1 amide bonds. The highest BCUT2D eigenvalue weighted by Gasteiger charge is 2.34. The van der Waals surface area contributed by atoms with Crippen LogP contribution in [-0.2, 0) is 21.4 Å². The summed E-state index contributed by atoms with van der Waals surface area (Å²) < 4.78 is 27.5. The Morgan fingerprint density at radius 2 is 1.78 bits per heavy atom. The van der Waals surface area contributed by atoms with Gasteiger partial charge in [-0.15, -0.1) is 0 Å². The molecule has 0 unspecified atom stereocenters. The molecule has 0 aromatic heterocycles. The zero-order valence-electron chi connectivity index (χ0n) is 15.0. The van der Waals surface area contributed by atoms with Crippen molar-refractivity contribution >= 4 is 27.5 Å². The van der Waals surface area contributed by atoms with Gasteiger partial charge in [0.2, 0.25) is 15.9 Å². The number of hydrogen-bond acceptors (Lipinski definition) is 3. The van der Waals surface area contributed by atoms with E-state index in [1.807, 2.05) is 30.3 Å². The van der Waals surface area contributed by atoms with E-state index in [1.165, 1.54) is 16.4 Å². The van der Waals surface area contributed by atoms with Gasteiger partial charge in [-0.3, -0.25) is 4.79 Å². The quantitative estimate of drug-likeness (QED) is 0.797. The number of carbonyl (C=O) groups excluding carboxylic acids is 1. The Morgan fingerprint density at radius 3 is 2.48 bits per heavy atom. The molecule has 1 atom stereocenters. The summed E-state index contributed by atoms with van der Waals surface area (Å²) in [6, 6.07) is 15.5. The monoisotopic (exact) mass is 406 g/mol. The molecule has 0 bridgehead atoms. The molecule has 27 heavy (non-hydrogen) atoms. The Bertz CT molecular complexity index is 870. The lowest BCUT2D eigenvalue weighted by Crippen LogP contribution is -2.45. The van der Waals surface area contributed by atoms with Crippen LogP contribution in [-0.4, -0.2) is 31.2 Å². The summed E-state index contributed by atoms with van der Waals surface area (Å²) in [5.74, 6) is -0.137. The van der Waals surface area contributed by atoms with Crippen LogP contribution < -0.4 is 5.32 Å². The number of piperidine rings is 1. The van der Waals surface area contributed by atoms with E-state index >= 15 is 0 Å². The lowest BCUT2D eigenvalue weighted by Gasteiger charge is -2.34. The first-order chi connectivity index (χ1) is 13.0. The van der Waals surface area contributed by atoms with E-state index in [0.29, 0.717) is 24.5 Å². The standard InChI is InChI=1S/C20H23ClN2O3S/c21-17-9-11-19(12-10-17)27(25,26)23-13-5-4-8-18(23)14-20(24)22-15-16-6-2-1-3-7-16/h1-3,6-7,9-12,18H,4-5,8,13-15H2,(H,22,24)/t18-/m0/s1. The van der Waals surface area contributed by atoms with Crippen LogP contribution in [0.4, 0.5) is 0 Å². The Labute approximate surface area is 165 Å². The number of benzene rings is 2. The fourth-order valence-corrected chi connectivity index (χ4v) is 5.14. The molecule has 2 aromatic carbocycles. The largest absolute Gasteiger partial charge is 0.352 e. The van der Waals surface area contributed by atoms with Gasteiger partial charge < -0.3 is 5.32 Å². The van der Waals surface area contributed by atoms with Crippen molar-refractivity contribution in [3.63, 3.8) is 0 Å². The van der Waals surface area contributed by atoms with Crippen molar-refractivity contribution in [2.24, 2.45) is 0 Å². The van der Waals surface area contributed by atoms with Crippen LogP contribution in [0.3, 0.4) is 0 Å². The summed E-state index contributed by atoms with van der Waals surface area (Å²) in [5.41, 5.74) is 1.01. The summed E-state index contributed by atoms with van der Waals surface area (Å²) >= 11 is 5.87. The van der Waals surface area contributed by atoms with Crippen LogP contribution in [0.25, 0.3) is 0 Å². The van der Waals surface area contributed by atoms with Crippen molar-refractivity contribution in [1.29, 1.82) is 0 Å². The molecule has 1 fully saturated rings. The van der Waals surface area contributed by atoms with E-state index in [-0.39, 0.29) is 23.3 Å². The van der Waals surface area contributed by atoms with E-state index in [1.54, 1.807) is 12.1 Å². The van der Waals surface area contributed by atoms with E-state index < -0.39 is 10.0 Å². The van der Waals surface area contributed by atoms with Gasteiger partial charge in [-0.05, 0) is 42.7 Å². The number of nitrogens with zero attached hydrogens (tertiary/aromatic N) is 1. The molecule has 0 aliphatic carbocycles. The van der Waals surface area contributed by atoms with Gasteiger partial charge in [0.1, 0.15) is 0 Å². The molecule has 0 radical (unpaired) electrons. The van der Waals surface area contributed by atoms with Gasteiger partial charge in [0.05, 0.1) is 4.90 Å². The molecule has 1 N–H and O–H groups in total. The average molecular weight is 407 g/mol. The summed E-state index contributed by atoms with van der Waals surface area (Å²) in [6.07, 6.45) is 2.57. The Kier molecular flexibility index (Phi) is 6.52. The van der Waals surface area contributed by atoms with Crippen LogP contribution >= 0.6 is 11.6 Å². The second-order valence-electron chi connectivity index (χ2n) is 6.69. The molecule has 1 aliphatic heterocycles. The first kappa shape index (κ1) is 19.9. The van der Waals surface area contributed by atoms with Gasteiger partial charge in [-0.25, -0.2) is 8.42 Å². The van der Waals surface area contributed by atoms with E-state index in [9.17, 15) is 13.2 Å². The minimum atomic E-state index is -3.65. The molecule has 1 heterocycles. The van der Waals surface area contributed by atoms with E-state index in [4.69, 9.17) is 11.6 Å². The van der Waals surface area contributed by atoms with Gasteiger partial charge in [0, 0.05) is 30.6 Å². The third-order valence-corrected chi connectivity index (χ3v) is 6.96. The highest BCUT2D eigenvalue weighted by molar-refractivity contribution is 7.89. The first-order valence-electron chi connectivity index (χ1n) is 9.05. The van der Waals surface area contributed by atoms with Gasteiger partial charge in [0.15, 0.2) is 0 Å². The van der Waals surface area contributed by atoms with Crippen molar-refractivity contribution in [2.75, 3.05) is 6.54 Å². The Morgan fingerprint density at radius 1 is 1.07 bits per heavy atom. The van der Waals surface area contributed by atoms with Crippen LogP contribution in [0.2, 0.25) is 5.02 Å². The van der Waals surface area contributed by atoms with Gasteiger partial charge in [-0.1, -0.05) is 48.4 Å². The van der Waals surface area contributed by atoms with Crippen molar-refractivity contribution in [3.8, 4) is 0 Å². The minimum Gasteiger partial charge on any atom is -0.352 e. The molecule has 2 aromatic rings.